The van der Waals surface area contributed by atoms with Crippen LogP contribution in [0.5, 0.6) is 0 Å². The van der Waals surface area contributed by atoms with Gasteiger partial charge in [-0.2, -0.15) is 0 Å². The summed E-state index contributed by atoms with van der Waals surface area (Å²) in [7, 11) is 0. The van der Waals surface area contributed by atoms with Crippen LogP contribution in [0, 0.1) is 23.7 Å². The van der Waals surface area contributed by atoms with Crippen LogP contribution in [0.15, 0.2) is 11.6 Å². The first-order chi connectivity index (χ1) is 11.2. The standard InChI is InChI=1S/C20H33F3O/c1-14(2)4-5-15(3)16-6-8-17(9-7-16)18-10-12-19(13-11-18)24-20(21,22)23/h8,14-16,18-19H,4-7,9-13H2,1-3H3. The Labute approximate surface area is 145 Å². The van der Waals surface area contributed by atoms with Crippen molar-refractivity contribution in [2.75, 3.05) is 0 Å². The SMILES string of the molecule is CC(C)CCC(C)C1CC=C(C2CCC(OC(F)(F)F)CC2)CC1. The average molecular weight is 346 g/mol. The van der Waals surface area contributed by atoms with Crippen LogP contribution in [-0.2, 0) is 4.74 Å². The zero-order valence-corrected chi connectivity index (χ0v) is 15.4. The molecule has 0 aliphatic heterocycles. The van der Waals surface area contributed by atoms with Gasteiger partial charge in [-0.25, -0.2) is 0 Å². The Hall–Kier alpha value is -0.510. The molecule has 2 rings (SSSR count). The van der Waals surface area contributed by atoms with Crippen molar-refractivity contribution < 1.29 is 17.9 Å². The van der Waals surface area contributed by atoms with E-state index in [1.807, 2.05) is 0 Å². The van der Waals surface area contributed by atoms with Crippen molar-refractivity contribution in [3.05, 3.63) is 11.6 Å². The molecule has 1 fully saturated rings. The number of rotatable bonds is 6. The van der Waals surface area contributed by atoms with E-state index in [-0.39, 0.29) is 0 Å². The zero-order valence-electron chi connectivity index (χ0n) is 15.4. The fourth-order valence-electron chi connectivity index (χ4n) is 4.33. The van der Waals surface area contributed by atoms with Gasteiger partial charge in [0.05, 0.1) is 6.10 Å². The van der Waals surface area contributed by atoms with Gasteiger partial charge >= 0.3 is 6.36 Å². The van der Waals surface area contributed by atoms with Crippen LogP contribution in [0.3, 0.4) is 0 Å². The lowest BCUT2D eigenvalue weighted by atomic mass is 9.73. The van der Waals surface area contributed by atoms with Gasteiger partial charge < -0.3 is 0 Å². The quantitative estimate of drug-likeness (QED) is 0.476. The van der Waals surface area contributed by atoms with Gasteiger partial charge in [-0.1, -0.05) is 45.3 Å². The van der Waals surface area contributed by atoms with Gasteiger partial charge in [0.15, 0.2) is 0 Å². The molecule has 0 radical (unpaired) electrons. The van der Waals surface area contributed by atoms with Crippen molar-refractivity contribution in [2.24, 2.45) is 23.7 Å². The van der Waals surface area contributed by atoms with Crippen molar-refractivity contribution >= 4 is 0 Å². The molecule has 0 heterocycles. The first kappa shape index (κ1) is 19.8. The molecule has 0 bridgehead atoms. The minimum absolute atomic E-state index is 0.491. The van der Waals surface area contributed by atoms with Crippen LogP contribution in [0.2, 0.25) is 0 Å². The molecule has 0 aromatic carbocycles. The molecule has 24 heavy (non-hydrogen) atoms. The monoisotopic (exact) mass is 346 g/mol. The first-order valence-corrected chi connectivity index (χ1v) is 9.68. The molecule has 1 nitrogen and oxygen atoms in total. The molecule has 0 aromatic rings. The molecule has 2 aliphatic rings. The predicted octanol–water partition coefficient (Wildman–Crippen LogP) is 6.88. The Morgan fingerprint density at radius 3 is 2.21 bits per heavy atom. The summed E-state index contributed by atoms with van der Waals surface area (Å²) in [6, 6.07) is 0. The molecule has 1 saturated carbocycles. The second-order valence-electron chi connectivity index (χ2n) is 8.30. The summed E-state index contributed by atoms with van der Waals surface area (Å²) >= 11 is 0. The molecule has 2 aliphatic carbocycles. The molecular weight excluding hydrogens is 313 g/mol. The van der Waals surface area contributed by atoms with E-state index in [4.69, 9.17) is 0 Å². The van der Waals surface area contributed by atoms with E-state index < -0.39 is 12.5 Å². The van der Waals surface area contributed by atoms with Crippen LogP contribution in [0.4, 0.5) is 13.2 Å². The Bertz CT molecular complexity index is 406. The van der Waals surface area contributed by atoms with Gasteiger partial charge in [0.1, 0.15) is 0 Å². The van der Waals surface area contributed by atoms with Crippen LogP contribution in [0.25, 0.3) is 0 Å². The van der Waals surface area contributed by atoms with E-state index in [0.29, 0.717) is 18.8 Å². The maximum absolute atomic E-state index is 12.3. The second-order valence-corrected chi connectivity index (χ2v) is 8.30. The molecule has 0 spiro atoms. The van der Waals surface area contributed by atoms with Crippen molar-refractivity contribution in [2.45, 2.75) is 91.0 Å². The summed E-state index contributed by atoms with van der Waals surface area (Å²) in [5.41, 5.74) is 1.51. The predicted molar refractivity (Wildman–Crippen MR) is 91.5 cm³/mol. The van der Waals surface area contributed by atoms with Crippen LogP contribution in [0.1, 0.15) is 78.6 Å². The summed E-state index contributed by atoms with van der Waals surface area (Å²) in [5, 5.41) is 0. The lowest BCUT2D eigenvalue weighted by Gasteiger charge is -2.34. The highest BCUT2D eigenvalue weighted by Crippen LogP contribution is 2.40. The van der Waals surface area contributed by atoms with Gasteiger partial charge in [-0.15, -0.1) is 13.2 Å². The zero-order chi connectivity index (χ0) is 17.7. The molecule has 0 amide bonds. The van der Waals surface area contributed by atoms with E-state index in [1.54, 1.807) is 0 Å². The molecule has 140 valence electrons. The number of alkyl halides is 3. The van der Waals surface area contributed by atoms with E-state index in [2.05, 4.69) is 31.6 Å². The molecule has 4 heteroatoms. The summed E-state index contributed by atoms with van der Waals surface area (Å²) in [4.78, 5) is 0. The largest absolute Gasteiger partial charge is 0.522 e. The topological polar surface area (TPSA) is 9.23 Å². The number of halogens is 3. The number of hydrogen-bond donors (Lipinski definition) is 0. The Balaban J connectivity index is 1.75. The highest BCUT2D eigenvalue weighted by molar-refractivity contribution is 5.12. The van der Waals surface area contributed by atoms with Crippen LogP contribution >= 0.6 is 0 Å². The Kier molecular flexibility index (Phi) is 7.21. The van der Waals surface area contributed by atoms with Crippen molar-refractivity contribution in [1.82, 2.24) is 0 Å². The fraction of sp³-hybridized carbons (Fsp3) is 0.900. The van der Waals surface area contributed by atoms with Gasteiger partial charge in [0.2, 0.25) is 0 Å². The summed E-state index contributed by atoms with van der Waals surface area (Å²) in [6.45, 7) is 6.94. The van der Waals surface area contributed by atoms with Gasteiger partial charge in [0, 0.05) is 0 Å². The second kappa shape index (κ2) is 8.73. The summed E-state index contributed by atoms with van der Waals surface area (Å²) in [5.74, 6) is 2.83. The minimum atomic E-state index is -4.49. The number of hydrogen-bond acceptors (Lipinski definition) is 1. The van der Waals surface area contributed by atoms with Crippen molar-refractivity contribution in [1.29, 1.82) is 0 Å². The Morgan fingerprint density at radius 1 is 1.04 bits per heavy atom. The summed E-state index contributed by atoms with van der Waals surface area (Å²) < 4.78 is 41.1. The molecular formula is C20H33F3O. The van der Waals surface area contributed by atoms with E-state index in [9.17, 15) is 13.2 Å². The molecule has 0 saturated heterocycles. The third-order valence-electron chi connectivity index (χ3n) is 5.99. The highest BCUT2D eigenvalue weighted by atomic mass is 19.4. The van der Waals surface area contributed by atoms with Crippen LogP contribution < -0.4 is 0 Å². The van der Waals surface area contributed by atoms with Crippen molar-refractivity contribution in [3.63, 3.8) is 0 Å². The highest BCUT2D eigenvalue weighted by Gasteiger charge is 2.36. The number of allylic oxidation sites excluding steroid dienone is 2. The maximum atomic E-state index is 12.3. The molecule has 0 aromatic heterocycles. The summed E-state index contributed by atoms with van der Waals surface area (Å²) in [6.07, 6.45) is 6.24. The smallest absolute Gasteiger partial charge is 0.289 e. The molecule has 0 N–H and O–H groups in total. The lowest BCUT2D eigenvalue weighted by Crippen LogP contribution is -2.29. The normalized spacial score (nSPS) is 30.3. The maximum Gasteiger partial charge on any atom is 0.522 e. The van der Waals surface area contributed by atoms with Gasteiger partial charge in [0.25, 0.3) is 0 Å². The third kappa shape index (κ3) is 6.42. The van der Waals surface area contributed by atoms with Gasteiger partial charge in [-0.3, -0.25) is 4.74 Å². The van der Waals surface area contributed by atoms with E-state index in [0.717, 1.165) is 43.4 Å². The number of ether oxygens (including phenoxy) is 1. The lowest BCUT2D eigenvalue weighted by molar-refractivity contribution is -0.345. The molecule has 2 atom stereocenters. The van der Waals surface area contributed by atoms with E-state index in [1.165, 1.54) is 24.8 Å². The first-order valence-electron chi connectivity index (χ1n) is 9.68. The fourth-order valence-corrected chi connectivity index (χ4v) is 4.33. The van der Waals surface area contributed by atoms with E-state index >= 15 is 0 Å². The third-order valence-corrected chi connectivity index (χ3v) is 5.99. The van der Waals surface area contributed by atoms with Crippen LogP contribution in [-0.4, -0.2) is 12.5 Å². The Morgan fingerprint density at radius 2 is 1.71 bits per heavy atom. The minimum Gasteiger partial charge on any atom is -0.289 e. The molecule has 2 unspecified atom stereocenters. The van der Waals surface area contributed by atoms with Gasteiger partial charge in [-0.05, 0) is 68.6 Å². The van der Waals surface area contributed by atoms with Crippen molar-refractivity contribution in [3.8, 4) is 0 Å². The average Bonchev–Trinajstić information content (AvgIpc) is 2.52.